The Balaban J connectivity index is 1.94. The van der Waals surface area contributed by atoms with Crippen LogP contribution in [-0.2, 0) is 4.79 Å². The van der Waals surface area contributed by atoms with Gasteiger partial charge in [0.1, 0.15) is 11.7 Å². The molecule has 0 spiro atoms. The average Bonchev–Trinajstić information content (AvgIpc) is 2.58. The third kappa shape index (κ3) is 3.23. The zero-order chi connectivity index (χ0) is 15.2. The Morgan fingerprint density at radius 3 is 1.50 bits per heavy atom. The quantitative estimate of drug-likeness (QED) is 0.524. The van der Waals surface area contributed by atoms with E-state index in [9.17, 15) is 4.79 Å². The van der Waals surface area contributed by atoms with E-state index < -0.39 is 5.92 Å². The van der Waals surface area contributed by atoms with E-state index >= 15 is 0 Å². The molecule has 0 bridgehead atoms. The van der Waals surface area contributed by atoms with Crippen LogP contribution in [0, 0.1) is 0 Å². The first-order chi connectivity index (χ1) is 10.8. The number of rotatable bonds is 4. The number of esters is 1. The first-order valence-corrected chi connectivity index (χ1v) is 7.21. The minimum absolute atomic E-state index is 0.274. The minimum atomic E-state index is -0.428. The summed E-state index contributed by atoms with van der Waals surface area (Å²) in [6.45, 7) is 0. The Bertz CT molecular complexity index is 682. The number of hydrogen-bond donors (Lipinski definition) is 0. The van der Waals surface area contributed by atoms with Crippen LogP contribution < -0.4 is 4.74 Å². The molecule has 0 heterocycles. The lowest BCUT2D eigenvalue weighted by molar-refractivity contribution is -0.135. The lowest BCUT2D eigenvalue weighted by atomic mass is 9.91. The fourth-order valence-corrected chi connectivity index (χ4v) is 2.42. The monoisotopic (exact) mass is 288 g/mol. The van der Waals surface area contributed by atoms with Gasteiger partial charge >= 0.3 is 5.97 Å². The summed E-state index contributed by atoms with van der Waals surface area (Å²) in [4.78, 5) is 12.7. The summed E-state index contributed by atoms with van der Waals surface area (Å²) >= 11 is 0. The van der Waals surface area contributed by atoms with Crippen LogP contribution in [0.5, 0.6) is 5.75 Å². The standard InChI is InChI=1S/C20H16O2/c21-20(22-18-14-8-3-9-15-18)19(16-10-4-1-5-11-16)17-12-6-2-7-13-17/h1-15,19H. The van der Waals surface area contributed by atoms with Crippen molar-refractivity contribution < 1.29 is 9.53 Å². The highest BCUT2D eigenvalue weighted by Crippen LogP contribution is 2.26. The molecule has 0 saturated heterocycles. The molecule has 3 aromatic rings. The number of benzene rings is 3. The second kappa shape index (κ2) is 6.72. The second-order valence-electron chi connectivity index (χ2n) is 4.99. The van der Waals surface area contributed by atoms with E-state index in [0.29, 0.717) is 5.75 Å². The van der Waals surface area contributed by atoms with Gasteiger partial charge < -0.3 is 4.74 Å². The molecule has 3 rings (SSSR count). The molecule has 0 aromatic heterocycles. The first-order valence-electron chi connectivity index (χ1n) is 7.21. The summed E-state index contributed by atoms with van der Waals surface area (Å²) in [5.74, 6) is -0.143. The molecule has 22 heavy (non-hydrogen) atoms. The summed E-state index contributed by atoms with van der Waals surface area (Å²) in [5.41, 5.74) is 1.85. The van der Waals surface area contributed by atoms with Gasteiger partial charge in [-0.2, -0.15) is 0 Å². The molecule has 0 radical (unpaired) electrons. The van der Waals surface area contributed by atoms with Gasteiger partial charge in [0.05, 0.1) is 0 Å². The first kappa shape index (κ1) is 14.1. The summed E-state index contributed by atoms with van der Waals surface area (Å²) in [7, 11) is 0. The second-order valence-corrected chi connectivity index (χ2v) is 4.99. The van der Waals surface area contributed by atoms with Crippen LogP contribution in [0.1, 0.15) is 17.0 Å². The lowest BCUT2D eigenvalue weighted by Crippen LogP contribution is -2.20. The number of para-hydroxylation sites is 1. The molecule has 0 aliphatic carbocycles. The Morgan fingerprint density at radius 2 is 1.05 bits per heavy atom. The van der Waals surface area contributed by atoms with Gasteiger partial charge in [-0.25, -0.2) is 0 Å². The fraction of sp³-hybridized carbons (Fsp3) is 0.0500. The van der Waals surface area contributed by atoms with Gasteiger partial charge in [0.15, 0.2) is 0 Å². The molecule has 2 nitrogen and oxygen atoms in total. The molecule has 0 aliphatic rings. The molecule has 108 valence electrons. The van der Waals surface area contributed by atoms with Gasteiger partial charge in [-0.05, 0) is 23.3 Å². The van der Waals surface area contributed by atoms with E-state index in [1.807, 2.05) is 78.9 Å². The van der Waals surface area contributed by atoms with E-state index in [1.54, 1.807) is 12.1 Å². The van der Waals surface area contributed by atoms with Crippen LogP contribution in [0.2, 0.25) is 0 Å². The smallest absolute Gasteiger partial charge is 0.323 e. The van der Waals surface area contributed by atoms with E-state index in [2.05, 4.69) is 0 Å². The van der Waals surface area contributed by atoms with Gasteiger partial charge in [0, 0.05) is 0 Å². The van der Waals surface area contributed by atoms with Gasteiger partial charge in [-0.3, -0.25) is 4.79 Å². The maximum Gasteiger partial charge on any atom is 0.323 e. The molecule has 0 amide bonds. The molecule has 2 heteroatoms. The van der Waals surface area contributed by atoms with Gasteiger partial charge in [-0.1, -0.05) is 78.9 Å². The minimum Gasteiger partial charge on any atom is -0.426 e. The van der Waals surface area contributed by atoms with Crippen molar-refractivity contribution in [3.05, 3.63) is 102 Å². The Labute approximate surface area is 130 Å². The lowest BCUT2D eigenvalue weighted by Gasteiger charge is -2.16. The van der Waals surface area contributed by atoms with E-state index in [0.717, 1.165) is 11.1 Å². The summed E-state index contributed by atoms with van der Waals surface area (Å²) in [6, 6.07) is 28.6. The van der Waals surface area contributed by atoms with Gasteiger partial charge in [0.2, 0.25) is 0 Å². The highest BCUT2D eigenvalue weighted by Gasteiger charge is 2.24. The maximum absolute atomic E-state index is 12.7. The molecular formula is C20H16O2. The summed E-state index contributed by atoms with van der Waals surface area (Å²) < 4.78 is 5.55. The van der Waals surface area contributed by atoms with Crippen molar-refractivity contribution in [2.75, 3.05) is 0 Å². The van der Waals surface area contributed by atoms with Crippen LogP contribution in [-0.4, -0.2) is 5.97 Å². The zero-order valence-corrected chi connectivity index (χ0v) is 12.1. The van der Waals surface area contributed by atoms with Crippen LogP contribution >= 0.6 is 0 Å². The van der Waals surface area contributed by atoms with Crippen molar-refractivity contribution >= 4 is 5.97 Å². The SMILES string of the molecule is O=C(Oc1ccccc1)C(c1ccccc1)c1ccccc1. The van der Waals surface area contributed by atoms with Crippen molar-refractivity contribution in [3.63, 3.8) is 0 Å². The Kier molecular flexibility index (Phi) is 4.30. The number of carbonyl (C=O) groups is 1. The van der Waals surface area contributed by atoms with E-state index in [-0.39, 0.29) is 5.97 Å². The summed E-state index contributed by atoms with van der Waals surface area (Å²) in [6.07, 6.45) is 0. The Hall–Kier alpha value is -2.87. The number of carbonyl (C=O) groups excluding carboxylic acids is 1. The van der Waals surface area contributed by atoms with Crippen LogP contribution in [0.3, 0.4) is 0 Å². The van der Waals surface area contributed by atoms with Crippen molar-refractivity contribution in [2.45, 2.75) is 5.92 Å². The number of hydrogen-bond acceptors (Lipinski definition) is 2. The van der Waals surface area contributed by atoms with Gasteiger partial charge in [0.25, 0.3) is 0 Å². The van der Waals surface area contributed by atoms with Crippen molar-refractivity contribution in [1.82, 2.24) is 0 Å². The van der Waals surface area contributed by atoms with Crippen LogP contribution in [0.15, 0.2) is 91.0 Å². The summed E-state index contributed by atoms with van der Waals surface area (Å²) in [5, 5.41) is 0. The molecular weight excluding hydrogens is 272 g/mol. The maximum atomic E-state index is 12.7. The molecule has 0 fully saturated rings. The largest absolute Gasteiger partial charge is 0.426 e. The van der Waals surface area contributed by atoms with Crippen LogP contribution in [0.4, 0.5) is 0 Å². The van der Waals surface area contributed by atoms with Crippen molar-refractivity contribution in [1.29, 1.82) is 0 Å². The third-order valence-corrected chi connectivity index (χ3v) is 3.46. The van der Waals surface area contributed by atoms with Crippen molar-refractivity contribution in [3.8, 4) is 5.75 Å². The molecule has 0 unspecified atom stereocenters. The van der Waals surface area contributed by atoms with Crippen LogP contribution in [0.25, 0.3) is 0 Å². The predicted octanol–water partition coefficient (Wildman–Crippen LogP) is 4.42. The van der Waals surface area contributed by atoms with Crippen molar-refractivity contribution in [2.24, 2.45) is 0 Å². The van der Waals surface area contributed by atoms with E-state index in [1.165, 1.54) is 0 Å². The highest BCUT2D eigenvalue weighted by molar-refractivity contribution is 5.84. The number of ether oxygens (including phenoxy) is 1. The fourth-order valence-electron chi connectivity index (χ4n) is 2.42. The molecule has 0 atom stereocenters. The predicted molar refractivity (Wildman–Crippen MR) is 86.8 cm³/mol. The molecule has 3 aromatic carbocycles. The molecule has 0 saturated carbocycles. The normalized spacial score (nSPS) is 10.4. The molecule has 0 N–H and O–H groups in total. The third-order valence-electron chi connectivity index (χ3n) is 3.46. The van der Waals surface area contributed by atoms with E-state index in [4.69, 9.17) is 4.74 Å². The zero-order valence-electron chi connectivity index (χ0n) is 12.1. The van der Waals surface area contributed by atoms with Gasteiger partial charge in [-0.15, -0.1) is 0 Å². The average molecular weight is 288 g/mol. The topological polar surface area (TPSA) is 26.3 Å². The highest BCUT2D eigenvalue weighted by atomic mass is 16.5. The Morgan fingerprint density at radius 1 is 0.636 bits per heavy atom. The molecule has 0 aliphatic heterocycles.